The minimum absolute atomic E-state index is 0.0213. The van der Waals surface area contributed by atoms with Gasteiger partial charge in [0.25, 0.3) is 0 Å². The fraction of sp³-hybridized carbons (Fsp3) is 0. The molecule has 0 bridgehead atoms. The lowest BCUT2D eigenvalue weighted by Gasteiger charge is -2.01. The van der Waals surface area contributed by atoms with Gasteiger partial charge in [0, 0.05) is 17.7 Å². The summed E-state index contributed by atoms with van der Waals surface area (Å²) >= 11 is 0. The van der Waals surface area contributed by atoms with Gasteiger partial charge in [-0.1, -0.05) is 5.21 Å². The van der Waals surface area contributed by atoms with Crippen molar-refractivity contribution in [3.8, 4) is 16.9 Å². The zero-order chi connectivity index (χ0) is 15.0. The molecule has 0 saturated heterocycles. The highest BCUT2D eigenvalue weighted by Crippen LogP contribution is 2.21. The van der Waals surface area contributed by atoms with Crippen LogP contribution in [-0.4, -0.2) is 15.0 Å². The molecule has 0 atom stereocenters. The average molecular weight is 293 g/mol. The molecule has 0 N–H and O–H groups in total. The fourth-order valence-corrected chi connectivity index (χ4v) is 1.88. The van der Waals surface area contributed by atoms with Crippen LogP contribution in [-0.2, 0) is 0 Å². The maximum Gasteiger partial charge on any atom is 0.151 e. The van der Waals surface area contributed by atoms with E-state index in [9.17, 15) is 17.6 Å². The summed E-state index contributed by atoms with van der Waals surface area (Å²) < 4.78 is 53.9. The highest BCUT2D eigenvalue weighted by molar-refractivity contribution is 5.58. The zero-order valence-electron chi connectivity index (χ0n) is 10.4. The van der Waals surface area contributed by atoms with E-state index in [4.69, 9.17) is 0 Å². The summed E-state index contributed by atoms with van der Waals surface area (Å²) in [6.45, 7) is 0. The van der Waals surface area contributed by atoms with Gasteiger partial charge in [0.05, 0.1) is 6.20 Å². The van der Waals surface area contributed by atoms with Crippen LogP contribution in [0.15, 0.2) is 42.6 Å². The molecule has 0 spiro atoms. The van der Waals surface area contributed by atoms with Gasteiger partial charge in [-0.3, -0.25) is 0 Å². The molecule has 0 aliphatic rings. The van der Waals surface area contributed by atoms with Crippen molar-refractivity contribution in [1.82, 2.24) is 15.0 Å². The van der Waals surface area contributed by atoms with Gasteiger partial charge in [0.1, 0.15) is 28.8 Å². The van der Waals surface area contributed by atoms with Gasteiger partial charge in [0.2, 0.25) is 0 Å². The van der Waals surface area contributed by atoms with Crippen LogP contribution in [0.4, 0.5) is 17.6 Å². The Labute approximate surface area is 116 Å². The number of rotatable bonds is 2. The number of benzene rings is 2. The maximum absolute atomic E-state index is 13.6. The van der Waals surface area contributed by atoms with Crippen LogP contribution in [0, 0.1) is 23.3 Å². The van der Waals surface area contributed by atoms with E-state index in [1.165, 1.54) is 12.3 Å². The van der Waals surface area contributed by atoms with E-state index in [0.29, 0.717) is 6.07 Å². The van der Waals surface area contributed by atoms with Crippen LogP contribution in [0.5, 0.6) is 0 Å². The standard InChI is InChI=1S/C14H7F4N3/c15-9-1-2-14(12(18)6-9)21-7-13(19-20-21)8-3-10(16)5-11(17)4-8/h1-7H. The molecule has 3 nitrogen and oxygen atoms in total. The molecule has 1 heterocycles. The van der Waals surface area contributed by atoms with Gasteiger partial charge in [-0.05, 0) is 24.3 Å². The summed E-state index contributed by atoms with van der Waals surface area (Å²) in [5.41, 5.74) is 0.311. The molecule has 3 aromatic rings. The second kappa shape index (κ2) is 5.01. The second-order valence-electron chi connectivity index (χ2n) is 4.30. The van der Waals surface area contributed by atoms with Gasteiger partial charge in [0.15, 0.2) is 5.82 Å². The molecule has 0 saturated carbocycles. The van der Waals surface area contributed by atoms with E-state index in [1.807, 2.05) is 0 Å². The number of halogens is 4. The molecule has 0 aliphatic heterocycles. The molecule has 2 aromatic carbocycles. The second-order valence-corrected chi connectivity index (χ2v) is 4.30. The van der Waals surface area contributed by atoms with E-state index < -0.39 is 23.3 Å². The van der Waals surface area contributed by atoms with Gasteiger partial charge in [-0.15, -0.1) is 5.10 Å². The Kier molecular flexibility index (Phi) is 3.17. The summed E-state index contributed by atoms with van der Waals surface area (Å²) in [6, 6.07) is 5.86. The van der Waals surface area contributed by atoms with E-state index >= 15 is 0 Å². The number of nitrogens with zero attached hydrogens (tertiary/aromatic N) is 3. The smallest absolute Gasteiger partial charge is 0.151 e. The van der Waals surface area contributed by atoms with Gasteiger partial charge < -0.3 is 0 Å². The first-order valence-electron chi connectivity index (χ1n) is 5.87. The van der Waals surface area contributed by atoms with Crippen LogP contribution in [0.3, 0.4) is 0 Å². The molecular weight excluding hydrogens is 286 g/mol. The van der Waals surface area contributed by atoms with Crippen LogP contribution in [0.1, 0.15) is 0 Å². The van der Waals surface area contributed by atoms with Crippen molar-refractivity contribution in [3.05, 3.63) is 65.9 Å². The largest absolute Gasteiger partial charge is 0.217 e. The molecule has 0 fully saturated rings. The highest BCUT2D eigenvalue weighted by Gasteiger charge is 2.11. The third-order valence-electron chi connectivity index (χ3n) is 2.81. The molecule has 0 aliphatic carbocycles. The normalized spacial score (nSPS) is 10.9. The van der Waals surface area contributed by atoms with Crippen molar-refractivity contribution in [3.63, 3.8) is 0 Å². The van der Waals surface area contributed by atoms with Crippen LogP contribution >= 0.6 is 0 Å². The van der Waals surface area contributed by atoms with E-state index in [-0.39, 0.29) is 16.9 Å². The van der Waals surface area contributed by atoms with Crippen molar-refractivity contribution in [2.75, 3.05) is 0 Å². The van der Waals surface area contributed by atoms with Gasteiger partial charge in [-0.25, -0.2) is 22.2 Å². The number of hydrogen-bond donors (Lipinski definition) is 0. The SMILES string of the molecule is Fc1cc(F)cc(-c2cn(-c3ccc(F)cc3F)nn2)c1. The average Bonchev–Trinajstić information content (AvgIpc) is 2.87. The summed E-state index contributed by atoms with van der Waals surface area (Å²) in [6.07, 6.45) is 1.30. The minimum atomic E-state index is -0.822. The Morgan fingerprint density at radius 2 is 1.52 bits per heavy atom. The Hall–Kier alpha value is -2.70. The number of aromatic nitrogens is 3. The van der Waals surface area contributed by atoms with E-state index in [0.717, 1.165) is 28.9 Å². The van der Waals surface area contributed by atoms with Crippen LogP contribution in [0.25, 0.3) is 16.9 Å². The molecule has 7 heteroatoms. The third-order valence-corrected chi connectivity index (χ3v) is 2.81. The van der Waals surface area contributed by atoms with E-state index in [2.05, 4.69) is 10.3 Å². The Morgan fingerprint density at radius 3 is 2.19 bits per heavy atom. The topological polar surface area (TPSA) is 30.7 Å². The van der Waals surface area contributed by atoms with Crippen LogP contribution in [0.2, 0.25) is 0 Å². The molecule has 0 unspecified atom stereocenters. The predicted molar refractivity (Wildman–Crippen MR) is 66.6 cm³/mol. The lowest BCUT2D eigenvalue weighted by molar-refractivity contribution is 0.572. The number of hydrogen-bond acceptors (Lipinski definition) is 2. The van der Waals surface area contributed by atoms with Gasteiger partial charge >= 0.3 is 0 Å². The summed E-state index contributed by atoms with van der Waals surface area (Å²) in [4.78, 5) is 0. The lowest BCUT2D eigenvalue weighted by Crippen LogP contribution is -1.98. The maximum atomic E-state index is 13.6. The first kappa shape index (κ1) is 13.3. The molecule has 0 amide bonds. The monoisotopic (exact) mass is 293 g/mol. The Morgan fingerprint density at radius 1 is 0.810 bits per heavy atom. The predicted octanol–water partition coefficient (Wildman–Crippen LogP) is 3.49. The lowest BCUT2D eigenvalue weighted by atomic mass is 10.1. The summed E-state index contributed by atoms with van der Waals surface area (Å²) in [7, 11) is 0. The summed E-state index contributed by atoms with van der Waals surface area (Å²) in [5.74, 6) is -3.05. The highest BCUT2D eigenvalue weighted by atomic mass is 19.1. The molecule has 106 valence electrons. The molecule has 0 radical (unpaired) electrons. The minimum Gasteiger partial charge on any atom is -0.217 e. The molecular formula is C14H7F4N3. The van der Waals surface area contributed by atoms with Crippen molar-refractivity contribution in [1.29, 1.82) is 0 Å². The quantitative estimate of drug-likeness (QED) is 0.677. The molecule has 3 rings (SSSR count). The van der Waals surface area contributed by atoms with E-state index in [1.54, 1.807) is 0 Å². The van der Waals surface area contributed by atoms with Crippen LogP contribution < -0.4 is 0 Å². The Balaban J connectivity index is 2.03. The molecule has 21 heavy (non-hydrogen) atoms. The van der Waals surface area contributed by atoms with Crippen molar-refractivity contribution in [2.24, 2.45) is 0 Å². The third kappa shape index (κ3) is 2.62. The fourth-order valence-electron chi connectivity index (χ4n) is 1.88. The molecule has 1 aromatic heterocycles. The first-order valence-corrected chi connectivity index (χ1v) is 5.87. The first-order chi connectivity index (χ1) is 10.0. The van der Waals surface area contributed by atoms with Crippen molar-refractivity contribution < 1.29 is 17.6 Å². The Bertz CT molecular complexity index is 793. The zero-order valence-corrected chi connectivity index (χ0v) is 10.4. The van der Waals surface area contributed by atoms with Crippen molar-refractivity contribution in [2.45, 2.75) is 0 Å². The van der Waals surface area contributed by atoms with Gasteiger partial charge in [-0.2, -0.15) is 0 Å². The van der Waals surface area contributed by atoms with Crippen molar-refractivity contribution >= 4 is 0 Å². The summed E-state index contributed by atoms with van der Waals surface area (Å²) in [5, 5.41) is 7.40.